The van der Waals surface area contributed by atoms with Gasteiger partial charge in [-0.15, -0.1) is 6.92 Å². The second-order valence-electron chi connectivity index (χ2n) is 3.81. The number of allylic oxidation sites excluding steroid dienone is 4. The maximum absolute atomic E-state index is 8.60. The van der Waals surface area contributed by atoms with Crippen molar-refractivity contribution in [2.24, 2.45) is 5.41 Å². The van der Waals surface area contributed by atoms with E-state index in [2.05, 4.69) is 40.7 Å². The van der Waals surface area contributed by atoms with Crippen LogP contribution in [0.4, 0.5) is 0 Å². The SMILES string of the molecule is CC1=[C-]C(C)(C)C(C)=C1C.[CH3-].[CH3-].[CH3-].[CH3-].[O]=[Os].[O]=[Re](=[O])=[O]. The molecule has 6 heteroatoms. The molecule has 0 radical (unpaired) electrons. The van der Waals surface area contributed by atoms with E-state index in [1.54, 1.807) is 0 Å². The summed E-state index contributed by atoms with van der Waals surface area (Å²) in [6.45, 7) is 10.9. The average Bonchev–Trinajstić information content (AvgIpc) is 2.32. The predicted molar refractivity (Wildman–Crippen MR) is 73.0 cm³/mol. The molecule has 127 valence electrons. The Morgan fingerprint density at radius 2 is 1.15 bits per heavy atom. The van der Waals surface area contributed by atoms with E-state index < -0.39 is 16.6 Å². The van der Waals surface area contributed by atoms with Crippen LogP contribution in [0.2, 0.25) is 0 Å². The Bertz CT molecular complexity index is 399. The molecule has 0 saturated carbocycles. The first-order chi connectivity index (χ1) is 7.18. The van der Waals surface area contributed by atoms with E-state index in [9.17, 15) is 0 Å². The van der Waals surface area contributed by atoms with Crippen LogP contribution in [0.3, 0.4) is 0 Å². The molecule has 0 aromatic heterocycles. The number of hydrogen-bond donors (Lipinski definition) is 0. The normalized spacial score (nSPS) is 13.2. The molecule has 0 spiro atoms. The summed E-state index contributed by atoms with van der Waals surface area (Å²) in [5.41, 5.74) is 4.39. The van der Waals surface area contributed by atoms with E-state index in [0.717, 1.165) is 0 Å². The van der Waals surface area contributed by atoms with Crippen molar-refractivity contribution >= 4 is 0 Å². The van der Waals surface area contributed by atoms with Crippen molar-refractivity contribution in [1.82, 2.24) is 0 Å². The Labute approximate surface area is 141 Å². The third kappa shape index (κ3) is 14.4. The zero-order valence-corrected chi connectivity index (χ0v) is 19.1. The van der Waals surface area contributed by atoms with E-state index in [0.29, 0.717) is 18.6 Å². The van der Waals surface area contributed by atoms with Crippen LogP contribution in [-0.2, 0) is 49.1 Å². The van der Waals surface area contributed by atoms with Crippen molar-refractivity contribution in [2.75, 3.05) is 0 Å². The molecule has 0 bridgehead atoms. The Balaban J connectivity index is -0.0000000435. The van der Waals surface area contributed by atoms with Crippen LogP contribution in [0.15, 0.2) is 16.7 Å². The van der Waals surface area contributed by atoms with Gasteiger partial charge in [0.05, 0.1) is 0 Å². The summed E-state index contributed by atoms with van der Waals surface area (Å²) >= 11 is -3.60. The molecule has 1 rings (SSSR count). The first-order valence-corrected chi connectivity index (χ1v) is 8.72. The summed E-state index contributed by atoms with van der Waals surface area (Å²) in [4.78, 5) is 0. The monoisotopic (exact) mass is 638 g/mol. The van der Waals surface area contributed by atoms with Crippen molar-refractivity contribution < 1.29 is 49.1 Å². The van der Waals surface area contributed by atoms with E-state index in [1.807, 2.05) is 0 Å². The minimum absolute atomic E-state index is 0. The molecular formula is C14H27O4OsRe-5. The standard InChI is InChI=1S/C10H15.4CH3.4O.Os.Re/c1-7-6-10(4,5)9(3)8(7)2;;;;;;;;;;/h1-5H3;4*1H3;;;;;;/q5*-1;;;;;;. The average molecular weight is 636 g/mol. The Kier molecular flexibility index (Phi) is 31.4. The molecule has 20 heavy (non-hydrogen) atoms. The van der Waals surface area contributed by atoms with Crippen molar-refractivity contribution in [1.29, 1.82) is 0 Å². The van der Waals surface area contributed by atoms with E-state index >= 15 is 0 Å². The molecule has 0 fully saturated rings. The number of rotatable bonds is 0. The molecule has 0 unspecified atom stereocenters. The molecule has 0 aliphatic heterocycles. The Morgan fingerprint density at radius 3 is 1.20 bits per heavy atom. The molecule has 1 aliphatic carbocycles. The fourth-order valence-electron chi connectivity index (χ4n) is 1.41. The molecule has 0 aromatic rings. The molecule has 4 nitrogen and oxygen atoms in total. The summed E-state index contributed by atoms with van der Waals surface area (Å²) in [6, 6.07) is 0. The molecule has 0 aromatic carbocycles. The van der Waals surface area contributed by atoms with Gasteiger partial charge in [0.2, 0.25) is 0 Å². The molecule has 0 amide bonds. The summed E-state index contributed by atoms with van der Waals surface area (Å²) in [6.07, 6.45) is 3.44. The van der Waals surface area contributed by atoms with Gasteiger partial charge in [-0.3, -0.25) is 6.08 Å². The third-order valence-electron chi connectivity index (χ3n) is 2.56. The van der Waals surface area contributed by atoms with Crippen LogP contribution in [0, 0.1) is 41.2 Å². The van der Waals surface area contributed by atoms with Gasteiger partial charge in [0, 0.05) is 0 Å². The van der Waals surface area contributed by atoms with Crippen LogP contribution in [0.1, 0.15) is 34.6 Å². The third-order valence-corrected chi connectivity index (χ3v) is 2.56. The Morgan fingerprint density at radius 1 is 0.900 bits per heavy atom. The van der Waals surface area contributed by atoms with Gasteiger partial charge in [-0.1, -0.05) is 33.1 Å². The molecular weight excluding hydrogens is 609 g/mol. The van der Waals surface area contributed by atoms with Gasteiger partial charge in [0.25, 0.3) is 0 Å². The molecule has 0 N–H and O–H groups in total. The summed E-state index contributed by atoms with van der Waals surface area (Å²) in [7, 11) is 0. The van der Waals surface area contributed by atoms with Crippen LogP contribution >= 0.6 is 0 Å². The van der Waals surface area contributed by atoms with Gasteiger partial charge in [-0.25, -0.2) is 5.57 Å². The summed E-state index contributed by atoms with van der Waals surface area (Å²) < 4.78 is 34.1. The quantitative estimate of drug-likeness (QED) is 0.370. The van der Waals surface area contributed by atoms with Crippen LogP contribution < -0.4 is 0 Å². The number of hydrogen-bond acceptors (Lipinski definition) is 4. The predicted octanol–water partition coefficient (Wildman–Crippen LogP) is 4.43. The summed E-state index contributed by atoms with van der Waals surface area (Å²) in [5, 5.41) is 0. The second-order valence-corrected chi connectivity index (χ2v) is 5.17. The second kappa shape index (κ2) is 17.0. The molecule has 0 saturated heterocycles. The van der Waals surface area contributed by atoms with Gasteiger partial charge >= 0.3 is 49.1 Å². The first-order valence-electron chi connectivity index (χ1n) is 4.36. The van der Waals surface area contributed by atoms with Gasteiger partial charge in [0.1, 0.15) is 0 Å². The maximum atomic E-state index is 8.60. The topological polar surface area (TPSA) is 68.3 Å². The Hall–Kier alpha value is -0.0213. The van der Waals surface area contributed by atoms with E-state index in [-0.39, 0.29) is 35.1 Å². The van der Waals surface area contributed by atoms with E-state index in [1.165, 1.54) is 16.7 Å². The van der Waals surface area contributed by atoms with E-state index in [4.69, 9.17) is 13.9 Å². The molecule has 1 aliphatic rings. The van der Waals surface area contributed by atoms with Crippen LogP contribution in [-0.4, -0.2) is 0 Å². The van der Waals surface area contributed by atoms with Crippen molar-refractivity contribution in [3.8, 4) is 0 Å². The molecule has 0 atom stereocenters. The van der Waals surface area contributed by atoms with Crippen molar-refractivity contribution in [3.63, 3.8) is 0 Å². The minimum atomic E-state index is -4.21. The van der Waals surface area contributed by atoms with Gasteiger partial charge in [-0.05, 0) is 0 Å². The van der Waals surface area contributed by atoms with Crippen molar-refractivity contribution in [2.45, 2.75) is 34.6 Å². The van der Waals surface area contributed by atoms with Crippen LogP contribution in [0.5, 0.6) is 0 Å². The molecule has 0 heterocycles. The van der Waals surface area contributed by atoms with Crippen LogP contribution in [0.25, 0.3) is 0 Å². The van der Waals surface area contributed by atoms with Gasteiger partial charge in [0.15, 0.2) is 0 Å². The fourth-order valence-corrected chi connectivity index (χ4v) is 1.41. The first kappa shape index (κ1) is 36.8. The van der Waals surface area contributed by atoms with Gasteiger partial charge < -0.3 is 29.7 Å². The fraction of sp³-hybridized carbons (Fsp3) is 0.429. The van der Waals surface area contributed by atoms with Gasteiger partial charge in [-0.2, -0.15) is 11.1 Å². The van der Waals surface area contributed by atoms with Crippen molar-refractivity contribution in [3.05, 3.63) is 52.5 Å². The zero-order valence-electron chi connectivity index (χ0n) is 13.9. The summed E-state index contributed by atoms with van der Waals surface area (Å²) in [5.74, 6) is 0. The zero-order chi connectivity index (χ0) is 13.5.